The Morgan fingerprint density at radius 2 is 1.72 bits per heavy atom. The summed E-state index contributed by atoms with van der Waals surface area (Å²) in [4.78, 5) is 5.19. The molecule has 2 aliphatic rings. The average molecular weight is 434 g/mol. The number of hydrogen-bond acceptors (Lipinski definition) is 4. The number of nitrogens with zero attached hydrogens (tertiary/aromatic N) is 5. The van der Waals surface area contributed by atoms with Crippen LogP contribution >= 0.6 is 0 Å². The lowest BCUT2D eigenvalue weighted by molar-refractivity contribution is 0.127. The van der Waals surface area contributed by atoms with Crippen molar-refractivity contribution in [1.29, 1.82) is 0 Å². The first-order chi connectivity index (χ1) is 15.8. The maximum Gasteiger partial charge on any atom is 0.154 e. The van der Waals surface area contributed by atoms with E-state index < -0.39 is 0 Å². The molecule has 1 unspecified atom stereocenters. The van der Waals surface area contributed by atoms with Gasteiger partial charge in [0.2, 0.25) is 0 Å². The van der Waals surface area contributed by atoms with Gasteiger partial charge in [-0.05, 0) is 55.5 Å². The van der Waals surface area contributed by atoms with E-state index in [9.17, 15) is 4.39 Å². The predicted octanol–water partition coefficient (Wildman–Crippen LogP) is 4.31. The van der Waals surface area contributed by atoms with Crippen LogP contribution in [-0.2, 0) is 13.0 Å². The highest BCUT2D eigenvalue weighted by molar-refractivity contribution is 5.26. The fraction of sp³-hybridized carbons (Fsp3) is 0.462. The molecule has 0 bridgehead atoms. The standard InChI is InChI=1S/C26H32FN5/c27-23-12-10-22(11-13-23)25(31-16-5-15-30(18-19-31)24-8-4-9-24)26-29-28-20-32(26)17-14-21-6-2-1-3-7-21/h1-3,6-7,10-13,20,24-25H,4-5,8-9,14-19H2. The molecule has 3 aromatic rings. The minimum absolute atomic E-state index is 0.0183. The Labute approximate surface area is 189 Å². The molecule has 1 aromatic heterocycles. The molecular weight excluding hydrogens is 401 g/mol. The maximum absolute atomic E-state index is 13.7. The third-order valence-electron chi connectivity index (χ3n) is 7.08. The summed E-state index contributed by atoms with van der Waals surface area (Å²) < 4.78 is 15.9. The maximum atomic E-state index is 13.7. The van der Waals surface area contributed by atoms with Gasteiger partial charge in [-0.25, -0.2) is 4.39 Å². The van der Waals surface area contributed by atoms with E-state index in [-0.39, 0.29) is 11.9 Å². The van der Waals surface area contributed by atoms with Crippen molar-refractivity contribution in [3.8, 4) is 0 Å². The summed E-state index contributed by atoms with van der Waals surface area (Å²) in [6, 6.07) is 18.2. The van der Waals surface area contributed by atoms with E-state index >= 15 is 0 Å². The smallest absolute Gasteiger partial charge is 0.154 e. The lowest BCUT2D eigenvalue weighted by atomic mass is 9.91. The number of aryl methyl sites for hydroxylation is 2. The largest absolute Gasteiger partial charge is 0.316 e. The van der Waals surface area contributed by atoms with Crippen molar-refractivity contribution in [3.05, 3.63) is 83.7 Å². The minimum atomic E-state index is -0.204. The van der Waals surface area contributed by atoms with Crippen LogP contribution in [0.15, 0.2) is 60.9 Å². The molecule has 0 radical (unpaired) electrons. The molecule has 1 atom stereocenters. The van der Waals surface area contributed by atoms with Gasteiger partial charge in [0.25, 0.3) is 0 Å². The number of halogens is 1. The average Bonchev–Trinajstić information content (AvgIpc) is 3.11. The number of rotatable bonds is 7. The molecule has 168 valence electrons. The molecule has 1 saturated heterocycles. The highest BCUT2D eigenvalue weighted by Crippen LogP contribution is 2.31. The summed E-state index contributed by atoms with van der Waals surface area (Å²) in [5, 5.41) is 8.86. The van der Waals surface area contributed by atoms with Gasteiger partial charge < -0.3 is 4.57 Å². The van der Waals surface area contributed by atoms with Gasteiger partial charge in [0.15, 0.2) is 5.82 Å². The predicted molar refractivity (Wildman–Crippen MR) is 124 cm³/mol. The second kappa shape index (κ2) is 9.92. The Morgan fingerprint density at radius 3 is 2.47 bits per heavy atom. The fourth-order valence-corrected chi connectivity index (χ4v) is 5.04. The van der Waals surface area contributed by atoms with E-state index in [1.807, 2.05) is 24.5 Å². The summed E-state index contributed by atoms with van der Waals surface area (Å²) in [6.07, 6.45) is 7.97. The molecule has 2 heterocycles. The summed E-state index contributed by atoms with van der Waals surface area (Å²) in [5.41, 5.74) is 2.38. The Bertz CT molecular complexity index is 983. The summed E-state index contributed by atoms with van der Waals surface area (Å²) in [5.74, 6) is 0.745. The number of aromatic nitrogens is 3. The molecule has 1 saturated carbocycles. The van der Waals surface area contributed by atoms with Crippen molar-refractivity contribution >= 4 is 0 Å². The first kappa shape index (κ1) is 21.3. The third kappa shape index (κ3) is 4.76. The van der Waals surface area contributed by atoms with E-state index in [0.29, 0.717) is 0 Å². The monoisotopic (exact) mass is 433 g/mol. The quantitative estimate of drug-likeness (QED) is 0.556. The summed E-state index contributed by atoms with van der Waals surface area (Å²) >= 11 is 0. The normalized spacial score (nSPS) is 19.4. The topological polar surface area (TPSA) is 37.2 Å². The fourth-order valence-electron chi connectivity index (χ4n) is 5.04. The second-order valence-corrected chi connectivity index (χ2v) is 9.08. The summed E-state index contributed by atoms with van der Waals surface area (Å²) in [7, 11) is 0. The molecule has 0 amide bonds. The lowest BCUT2D eigenvalue weighted by Gasteiger charge is -2.37. The van der Waals surface area contributed by atoms with Gasteiger partial charge in [-0.15, -0.1) is 10.2 Å². The van der Waals surface area contributed by atoms with Crippen LogP contribution in [0.5, 0.6) is 0 Å². The first-order valence-corrected chi connectivity index (χ1v) is 11.9. The van der Waals surface area contributed by atoms with Gasteiger partial charge in [0.05, 0.1) is 6.04 Å². The highest BCUT2D eigenvalue weighted by Gasteiger charge is 2.31. The highest BCUT2D eigenvalue weighted by atomic mass is 19.1. The molecule has 0 N–H and O–H groups in total. The van der Waals surface area contributed by atoms with Crippen molar-refractivity contribution in [2.45, 2.75) is 50.7 Å². The number of benzene rings is 2. The second-order valence-electron chi connectivity index (χ2n) is 9.08. The van der Waals surface area contributed by atoms with Gasteiger partial charge in [0.1, 0.15) is 12.1 Å². The zero-order valence-corrected chi connectivity index (χ0v) is 18.6. The van der Waals surface area contributed by atoms with E-state index in [2.05, 4.69) is 48.8 Å². The van der Waals surface area contributed by atoms with Crippen LogP contribution in [0.1, 0.15) is 48.7 Å². The molecular formula is C26H32FN5. The molecule has 1 aliphatic carbocycles. The van der Waals surface area contributed by atoms with Gasteiger partial charge in [-0.1, -0.05) is 48.9 Å². The Hall–Kier alpha value is -2.57. The van der Waals surface area contributed by atoms with Gasteiger partial charge in [0, 0.05) is 32.2 Å². The Balaban J connectivity index is 1.39. The van der Waals surface area contributed by atoms with Gasteiger partial charge >= 0.3 is 0 Å². The summed E-state index contributed by atoms with van der Waals surface area (Å²) in [6.45, 7) is 5.07. The van der Waals surface area contributed by atoms with Crippen LogP contribution in [0, 0.1) is 5.82 Å². The zero-order valence-electron chi connectivity index (χ0n) is 18.6. The van der Waals surface area contributed by atoms with E-state index in [0.717, 1.165) is 63.0 Å². The van der Waals surface area contributed by atoms with Gasteiger partial charge in [-0.3, -0.25) is 9.80 Å². The molecule has 2 fully saturated rings. The van der Waals surface area contributed by atoms with Crippen LogP contribution in [0.25, 0.3) is 0 Å². The van der Waals surface area contributed by atoms with Crippen LogP contribution in [0.4, 0.5) is 4.39 Å². The van der Waals surface area contributed by atoms with Crippen LogP contribution in [-0.4, -0.2) is 56.8 Å². The van der Waals surface area contributed by atoms with Crippen molar-refractivity contribution in [2.75, 3.05) is 26.2 Å². The van der Waals surface area contributed by atoms with Crippen LogP contribution < -0.4 is 0 Å². The van der Waals surface area contributed by atoms with Crippen molar-refractivity contribution in [1.82, 2.24) is 24.6 Å². The molecule has 5 nitrogen and oxygen atoms in total. The third-order valence-corrected chi connectivity index (χ3v) is 7.08. The molecule has 0 spiro atoms. The minimum Gasteiger partial charge on any atom is -0.316 e. The Kier molecular flexibility index (Phi) is 6.60. The molecule has 2 aromatic carbocycles. The molecule has 5 rings (SSSR count). The van der Waals surface area contributed by atoms with Crippen molar-refractivity contribution in [3.63, 3.8) is 0 Å². The van der Waals surface area contributed by atoms with E-state index in [1.165, 1.54) is 24.8 Å². The van der Waals surface area contributed by atoms with Crippen LogP contribution in [0.2, 0.25) is 0 Å². The van der Waals surface area contributed by atoms with E-state index in [1.54, 1.807) is 12.1 Å². The number of hydrogen-bond donors (Lipinski definition) is 0. The Morgan fingerprint density at radius 1 is 0.906 bits per heavy atom. The lowest BCUT2D eigenvalue weighted by Crippen LogP contribution is -2.42. The van der Waals surface area contributed by atoms with Crippen molar-refractivity contribution in [2.24, 2.45) is 0 Å². The zero-order chi connectivity index (χ0) is 21.8. The first-order valence-electron chi connectivity index (χ1n) is 11.9. The van der Waals surface area contributed by atoms with Crippen molar-refractivity contribution < 1.29 is 4.39 Å². The van der Waals surface area contributed by atoms with Crippen LogP contribution in [0.3, 0.4) is 0 Å². The van der Waals surface area contributed by atoms with Gasteiger partial charge in [-0.2, -0.15) is 0 Å². The molecule has 6 heteroatoms. The molecule has 1 aliphatic heterocycles. The molecule has 32 heavy (non-hydrogen) atoms. The van der Waals surface area contributed by atoms with E-state index in [4.69, 9.17) is 0 Å². The SMILES string of the molecule is Fc1ccc(C(c2nncn2CCc2ccccc2)N2CCCN(C3CCC3)CC2)cc1.